The molecule has 1 rings (SSSR count). The lowest BCUT2D eigenvalue weighted by Gasteiger charge is -2.09. The molecule has 1 unspecified atom stereocenters. The Bertz CT molecular complexity index is 407. The first-order chi connectivity index (χ1) is 7.56. The monoisotopic (exact) mass is 220 g/mol. The van der Waals surface area contributed by atoms with Crippen LogP contribution in [0.1, 0.15) is 30.9 Å². The Kier molecular flexibility index (Phi) is 4.11. The average molecular weight is 220 g/mol. The molecule has 3 heteroatoms. The Morgan fingerprint density at radius 3 is 2.75 bits per heavy atom. The van der Waals surface area contributed by atoms with Crippen LogP contribution in [-0.2, 0) is 9.53 Å². The molecular weight excluding hydrogens is 204 g/mol. The largest absolute Gasteiger partial charge is 0.504 e. The molecule has 0 radical (unpaired) electrons. The van der Waals surface area contributed by atoms with Gasteiger partial charge >= 0.3 is 5.97 Å². The molecule has 16 heavy (non-hydrogen) atoms. The molecule has 86 valence electrons. The first-order valence-corrected chi connectivity index (χ1v) is 5.09. The number of aliphatic carboxylic acids is 1. The van der Waals surface area contributed by atoms with Crippen LogP contribution < -0.4 is 0 Å². The maximum Gasteiger partial charge on any atom is 0.310 e. The van der Waals surface area contributed by atoms with Crippen molar-refractivity contribution in [1.29, 1.82) is 0 Å². The van der Waals surface area contributed by atoms with Crippen molar-refractivity contribution in [2.45, 2.75) is 19.8 Å². The van der Waals surface area contributed by atoms with E-state index in [9.17, 15) is 4.79 Å². The summed E-state index contributed by atoms with van der Waals surface area (Å²) in [4.78, 5) is 10.9. The normalized spacial score (nSPS) is 13.3. The molecule has 0 spiro atoms. The van der Waals surface area contributed by atoms with Crippen LogP contribution in [0, 0.1) is 0 Å². The summed E-state index contributed by atoms with van der Waals surface area (Å²) >= 11 is 0. The van der Waals surface area contributed by atoms with Crippen molar-refractivity contribution >= 4 is 11.5 Å². The van der Waals surface area contributed by atoms with Crippen LogP contribution in [0.25, 0.3) is 5.57 Å². The van der Waals surface area contributed by atoms with Crippen molar-refractivity contribution < 1.29 is 14.6 Å². The van der Waals surface area contributed by atoms with Gasteiger partial charge in [0.15, 0.2) is 0 Å². The number of hydrogen-bond acceptors (Lipinski definition) is 2. The lowest BCUT2D eigenvalue weighted by Crippen LogP contribution is -2.07. The van der Waals surface area contributed by atoms with Crippen LogP contribution in [-0.4, -0.2) is 18.2 Å². The number of rotatable bonds is 4. The molecule has 1 atom stereocenters. The maximum absolute atomic E-state index is 10.9. The number of methoxy groups -OCH3 is 1. The summed E-state index contributed by atoms with van der Waals surface area (Å²) in [5, 5.41) is 8.93. The molecule has 0 saturated heterocycles. The van der Waals surface area contributed by atoms with Gasteiger partial charge in [0.05, 0.1) is 19.3 Å². The number of carbonyl (C=O) groups is 1. The predicted octanol–water partition coefficient (Wildman–Crippen LogP) is 2.88. The lowest BCUT2D eigenvalue weighted by molar-refractivity contribution is -0.138. The summed E-state index contributed by atoms with van der Waals surface area (Å²) in [5.74, 6) is -1.30. The SMILES string of the molecule is COC=C(C)c1cccc(C(C)C(=O)O)c1. The highest BCUT2D eigenvalue weighted by molar-refractivity contribution is 5.76. The quantitative estimate of drug-likeness (QED) is 0.793. The fraction of sp³-hybridized carbons (Fsp3) is 0.308. The molecule has 0 aliphatic heterocycles. The summed E-state index contributed by atoms with van der Waals surface area (Å²) in [6.07, 6.45) is 1.64. The van der Waals surface area contributed by atoms with Gasteiger partial charge < -0.3 is 9.84 Å². The summed E-state index contributed by atoms with van der Waals surface area (Å²) in [6, 6.07) is 7.49. The number of carboxylic acid groups (broad SMARTS) is 1. The second-order valence-electron chi connectivity index (χ2n) is 3.72. The minimum Gasteiger partial charge on any atom is -0.504 e. The van der Waals surface area contributed by atoms with Crippen molar-refractivity contribution in [1.82, 2.24) is 0 Å². The Balaban J connectivity index is 3.04. The zero-order chi connectivity index (χ0) is 12.1. The molecule has 1 aromatic rings. The van der Waals surface area contributed by atoms with Crippen LogP contribution in [0.2, 0.25) is 0 Å². The molecule has 1 aromatic carbocycles. The molecule has 0 aliphatic carbocycles. The van der Waals surface area contributed by atoms with E-state index in [4.69, 9.17) is 9.84 Å². The van der Waals surface area contributed by atoms with Crippen molar-refractivity contribution in [2.75, 3.05) is 7.11 Å². The number of carboxylic acids is 1. The number of ether oxygens (including phenoxy) is 1. The molecule has 0 fully saturated rings. The number of allylic oxidation sites excluding steroid dienone is 1. The second-order valence-corrected chi connectivity index (χ2v) is 3.72. The van der Waals surface area contributed by atoms with Crippen molar-refractivity contribution in [2.24, 2.45) is 0 Å². The molecule has 0 saturated carbocycles. The van der Waals surface area contributed by atoms with Gasteiger partial charge in [-0.2, -0.15) is 0 Å². The smallest absolute Gasteiger partial charge is 0.310 e. The minimum absolute atomic E-state index is 0.490. The molecule has 3 nitrogen and oxygen atoms in total. The Labute approximate surface area is 95.4 Å². The lowest BCUT2D eigenvalue weighted by atomic mass is 9.97. The zero-order valence-corrected chi connectivity index (χ0v) is 9.73. The zero-order valence-electron chi connectivity index (χ0n) is 9.73. The molecular formula is C13H16O3. The van der Waals surface area contributed by atoms with Crippen LogP contribution >= 0.6 is 0 Å². The third-order valence-electron chi connectivity index (χ3n) is 2.51. The Morgan fingerprint density at radius 1 is 1.50 bits per heavy atom. The molecule has 0 aliphatic rings. The van der Waals surface area contributed by atoms with Crippen molar-refractivity contribution in [3.63, 3.8) is 0 Å². The summed E-state index contributed by atoms with van der Waals surface area (Å²) in [7, 11) is 1.59. The second kappa shape index (κ2) is 5.35. The van der Waals surface area contributed by atoms with Gasteiger partial charge in [0, 0.05) is 0 Å². The topological polar surface area (TPSA) is 46.5 Å². The van der Waals surface area contributed by atoms with Crippen molar-refractivity contribution in [3.05, 3.63) is 41.7 Å². The van der Waals surface area contributed by atoms with Gasteiger partial charge in [-0.15, -0.1) is 0 Å². The Hall–Kier alpha value is -1.77. The van der Waals surface area contributed by atoms with Gasteiger partial charge in [-0.05, 0) is 30.5 Å². The minimum atomic E-state index is -0.814. The highest BCUT2D eigenvalue weighted by Gasteiger charge is 2.13. The van der Waals surface area contributed by atoms with Gasteiger partial charge in [-0.3, -0.25) is 4.79 Å². The van der Waals surface area contributed by atoms with Crippen molar-refractivity contribution in [3.8, 4) is 0 Å². The third kappa shape index (κ3) is 2.86. The Morgan fingerprint density at radius 2 is 2.19 bits per heavy atom. The molecule has 0 bridgehead atoms. The van der Waals surface area contributed by atoms with Crippen LogP contribution in [0.3, 0.4) is 0 Å². The van der Waals surface area contributed by atoms with Crippen LogP contribution in [0.15, 0.2) is 30.5 Å². The van der Waals surface area contributed by atoms with E-state index in [0.717, 1.165) is 16.7 Å². The van der Waals surface area contributed by atoms with Gasteiger partial charge in [0.2, 0.25) is 0 Å². The molecule has 0 amide bonds. The number of hydrogen-bond donors (Lipinski definition) is 1. The fourth-order valence-electron chi connectivity index (χ4n) is 1.44. The first kappa shape index (κ1) is 12.3. The van der Waals surface area contributed by atoms with E-state index in [1.165, 1.54) is 0 Å². The summed E-state index contributed by atoms with van der Waals surface area (Å²) in [6.45, 7) is 3.60. The highest BCUT2D eigenvalue weighted by atomic mass is 16.5. The van der Waals surface area contributed by atoms with Crippen LogP contribution in [0.4, 0.5) is 0 Å². The number of benzene rings is 1. The van der Waals surface area contributed by atoms with Gasteiger partial charge in [-0.1, -0.05) is 24.3 Å². The summed E-state index contributed by atoms with van der Waals surface area (Å²) < 4.78 is 4.93. The molecule has 1 N–H and O–H groups in total. The van der Waals surface area contributed by atoms with Gasteiger partial charge in [0.1, 0.15) is 0 Å². The molecule has 0 heterocycles. The highest BCUT2D eigenvalue weighted by Crippen LogP contribution is 2.21. The summed E-state index contributed by atoms with van der Waals surface area (Å²) in [5.41, 5.74) is 2.75. The van der Waals surface area contributed by atoms with E-state index in [0.29, 0.717) is 0 Å². The maximum atomic E-state index is 10.9. The fourth-order valence-corrected chi connectivity index (χ4v) is 1.44. The third-order valence-corrected chi connectivity index (χ3v) is 2.51. The molecule has 0 aromatic heterocycles. The standard InChI is InChI=1S/C13H16O3/c1-9(8-16-3)11-5-4-6-12(7-11)10(2)13(14)15/h4-8,10H,1-3H3,(H,14,15). The van der Waals surface area contributed by atoms with E-state index in [-0.39, 0.29) is 0 Å². The average Bonchev–Trinajstić information content (AvgIpc) is 2.28. The van der Waals surface area contributed by atoms with E-state index < -0.39 is 11.9 Å². The van der Waals surface area contributed by atoms with E-state index in [2.05, 4.69) is 0 Å². The predicted molar refractivity (Wildman–Crippen MR) is 63.2 cm³/mol. The van der Waals surface area contributed by atoms with E-state index in [1.54, 1.807) is 20.3 Å². The van der Waals surface area contributed by atoms with Gasteiger partial charge in [0.25, 0.3) is 0 Å². The van der Waals surface area contributed by atoms with Gasteiger partial charge in [-0.25, -0.2) is 0 Å². The van der Waals surface area contributed by atoms with E-state index >= 15 is 0 Å². The van der Waals surface area contributed by atoms with E-state index in [1.807, 2.05) is 31.2 Å². The first-order valence-electron chi connectivity index (χ1n) is 5.09. The van der Waals surface area contributed by atoms with Crippen LogP contribution in [0.5, 0.6) is 0 Å².